The monoisotopic (exact) mass is 237 g/mol. The van der Waals surface area contributed by atoms with Gasteiger partial charge in [-0.05, 0) is 6.07 Å². The Bertz CT molecular complexity index is 305. The van der Waals surface area contributed by atoms with Crippen molar-refractivity contribution in [3.63, 3.8) is 0 Å². The molecule has 0 saturated carbocycles. The van der Waals surface area contributed by atoms with Crippen LogP contribution in [0.25, 0.3) is 0 Å². The fourth-order valence-electron chi connectivity index (χ4n) is 0.678. The van der Waals surface area contributed by atoms with Crippen molar-refractivity contribution < 1.29 is 68.7 Å². The van der Waals surface area contributed by atoms with Crippen molar-refractivity contribution in [2.45, 2.75) is 0 Å². The SMILES string of the molecule is Fc1cnc(Cl)cc1[B-](F)(F)F.[K+]. The summed E-state index contributed by atoms with van der Waals surface area (Å²) < 4.78 is 48.3. The molecule has 66 valence electrons. The molecule has 0 aromatic carbocycles. The molecular weight excluding hydrogens is 235 g/mol. The second-order valence-electron chi connectivity index (χ2n) is 2.10. The number of hydrogen-bond donors (Lipinski definition) is 0. The summed E-state index contributed by atoms with van der Waals surface area (Å²) in [6, 6.07) is 0.469. The molecule has 1 aromatic rings. The summed E-state index contributed by atoms with van der Waals surface area (Å²) >= 11 is 5.16. The van der Waals surface area contributed by atoms with Crippen LogP contribution in [0.2, 0.25) is 5.15 Å². The Hall–Kier alpha value is 0.861. The fraction of sp³-hybridized carbons (Fsp3) is 0. The van der Waals surface area contributed by atoms with Crippen LogP contribution < -0.4 is 56.8 Å². The number of aromatic nitrogens is 1. The molecule has 8 heteroatoms. The molecule has 1 nitrogen and oxygen atoms in total. The molecule has 13 heavy (non-hydrogen) atoms. The Balaban J connectivity index is 0.00000144. The molecule has 0 saturated heterocycles. The van der Waals surface area contributed by atoms with Gasteiger partial charge in [-0.3, -0.25) is 0 Å². The second kappa shape index (κ2) is 5.09. The van der Waals surface area contributed by atoms with Crippen LogP contribution >= 0.6 is 11.6 Å². The number of nitrogens with zero attached hydrogens (tertiary/aromatic N) is 1. The zero-order valence-corrected chi connectivity index (χ0v) is 10.4. The summed E-state index contributed by atoms with van der Waals surface area (Å²) in [4.78, 5) is 3.15. The normalized spacial score (nSPS) is 10.8. The predicted molar refractivity (Wildman–Crippen MR) is 37.9 cm³/mol. The van der Waals surface area contributed by atoms with Crippen LogP contribution in [0.4, 0.5) is 17.3 Å². The van der Waals surface area contributed by atoms with Crippen molar-refractivity contribution in [2.24, 2.45) is 0 Å². The third kappa shape index (κ3) is 3.85. The molecule has 0 amide bonds. The first-order valence-corrected chi connectivity index (χ1v) is 3.30. The molecule has 0 radical (unpaired) electrons. The maximum Gasteiger partial charge on any atom is 1.00 e. The topological polar surface area (TPSA) is 12.9 Å². The van der Waals surface area contributed by atoms with Crippen molar-refractivity contribution in [1.29, 1.82) is 0 Å². The van der Waals surface area contributed by atoms with E-state index in [1.165, 1.54) is 0 Å². The van der Waals surface area contributed by atoms with Gasteiger partial charge in [-0.15, -0.1) is 0 Å². The average Bonchev–Trinajstić information content (AvgIpc) is 1.92. The Morgan fingerprint density at radius 2 is 1.85 bits per heavy atom. The van der Waals surface area contributed by atoms with E-state index < -0.39 is 18.3 Å². The van der Waals surface area contributed by atoms with Crippen LogP contribution in [0.5, 0.6) is 0 Å². The smallest absolute Gasteiger partial charge is 0.445 e. The van der Waals surface area contributed by atoms with E-state index in [0.717, 1.165) is 0 Å². The molecule has 0 spiro atoms. The summed E-state index contributed by atoms with van der Waals surface area (Å²) in [5, 5.41) is -0.370. The first-order valence-electron chi connectivity index (χ1n) is 2.92. The van der Waals surface area contributed by atoms with Crippen molar-refractivity contribution in [3.05, 3.63) is 23.2 Å². The molecule has 0 N–H and O–H groups in total. The van der Waals surface area contributed by atoms with E-state index in [9.17, 15) is 17.3 Å². The number of pyridine rings is 1. The molecule has 0 fully saturated rings. The zero-order chi connectivity index (χ0) is 9.35. The largest absolute Gasteiger partial charge is 1.00 e. The van der Waals surface area contributed by atoms with Gasteiger partial charge in [0.2, 0.25) is 0 Å². The van der Waals surface area contributed by atoms with Gasteiger partial charge in [0.15, 0.2) is 0 Å². The molecule has 0 atom stereocenters. The maximum atomic E-state index is 12.4. The summed E-state index contributed by atoms with van der Waals surface area (Å²) in [5.74, 6) is -1.40. The summed E-state index contributed by atoms with van der Waals surface area (Å²) in [5.41, 5.74) is -1.34. The Morgan fingerprint density at radius 1 is 1.31 bits per heavy atom. The molecule has 1 rings (SSSR count). The van der Waals surface area contributed by atoms with E-state index in [4.69, 9.17) is 11.6 Å². The van der Waals surface area contributed by atoms with E-state index in [-0.39, 0.29) is 56.5 Å². The molecule has 1 aromatic heterocycles. The minimum Gasteiger partial charge on any atom is -0.445 e. The molecular formula is C5H2BClF4KN. The van der Waals surface area contributed by atoms with Gasteiger partial charge in [0.1, 0.15) is 11.0 Å². The summed E-state index contributed by atoms with van der Waals surface area (Å²) in [6.45, 7) is -5.35. The summed E-state index contributed by atoms with van der Waals surface area (Å²) in [7, 11) is 0. The van der Waals surface area contributed by atoms with Gasteiger partial charge >= 0.3 is 58.4 Å². The average molecular weight is 237 g/mol. The molecule has 0 unspecified atom stereocenters. The Morgan fingerprint density at radius 3 is 2.23 bits per heavy atom. The third-order valence-electron chi connectivity index (χ3n) is 1.20. The molecule has 0 aliphatic heterocycles. The van der Waals surface area contributed by atoms with Crippen molar-refractivity contribution in [1.82, 2.24) is 4.98 Å². The number of hydrogen-bond acceptors (Lipinski definition) is 1. The molecule has 1 heterocycles. The van der Waals surface area contributed by atoms with Crippen LogP contribution in [0, 0.1) is 5.82 Å². The minimum absolute atomic E-state index is 0. The molecule has 0 aliphatic carbocycles. The van der Waals surface area contributed by atoms with Gasteiger partial charge < -0.3 is 12.9 Å². The molecule has 0 aliphatic rings. The van der Waals surface area contributed by atoms with Crippen molar-refractivity contribution in [2.75, 3.05) is 0 Å². The van der Waals surface area contributed by atoms with Crippen LogP contribution in [0.3, 0.4) is 0 Å². The fourth-order valence-corrected chi connectivity index (χ4v) is 0.845. The van der Waals surface area contributed by atoms with E-state index in [1.54, 1.807) is 0 Å². The van der Waals surface area contributed by atoms with E-state index in [1.807, 2.05) is 0 Å². The van der Waals surface area contributed by atoms with Gasteiger partial charge in [-0.25, -0.2) is 9.37 Å². The van der Waals surface area contributed by atoms with Crippen LogP contribution in [0.1, 0.15) is 0 Å². The van der Waals surface area contributed by atoms with Gasteiger partial charge in [0.25, 0.3) is 0 Å². The Kier molecular flexibility index (Phi) is 5.42. The standard InChI is InChI=1S/C5H2BClF4N.K/c7-5-1-3(6(9,10)11)4(8)2-12-5;/h1-2H;/q-1;+1. The first-order chi connectivity index (χ1) is 5.41. The predicted octanol–water partition coefficient (Wildman–Crippen LogP) is -1.07. The molecule has 0 bridgehead atoms. The quantitative estimate of drug-likeness (QED) is 0.344. The van der Waals surface area contributed by atoms with Crippen molar-refractivity contribution >= 4 is 24.0 Å². The van der Waals surface area contributed by atoms with E-state index >= 15 is 0 Å². The zero-order valence-electron chi connectivity index (χ0n) is 6.57. The summed E-state index contributed by atoms with van der Waals surface area (Å²) in [6.07, 6.45) is 0.451. The van der Waals surface area contributed by atoms with Gasteiger partial charge in [-0.2, -0.15) is 0 Å². The van der Waals surface area contributed by atoms with Crippen LogP contribution in [-0.2, 0) is 0 Å². The first kappa shape index (κ1) is 13.9. The van der Waals surface area contributed by atoms with Gasteiger partial charge in [0, 0.05) is 0 Å². The number of rotatable bonds is 1. The van der Waals surface area contributed by atoms with Crippen molar-refractivity contribution in [3.8, 4) is 0 Å². The third-order valence-corrected chi connectivity index (χ3v) is 1.41. The van der Waals surface area contributed by atoms with E-state index in [0.29, 0.717) is 12.3 Å². The maximum absolute atomic E-state index is 12.4. The van der Waals surface area contributed by atoms with E-state index in [2.05, 4.69) is 4.98 Å². The second-order valence-corrected chi connectivity index (χ2v) is 2.49. The van der Waals surface area contributed by atoms with Gasteiger partial charge in [-0.1, -0.05) is 17.1 Å². The minimum atomic E-state index is -5.35. The van der Waals surface area contributed by atoms with Crippen LogP contribution in [-0.4, -0.2) is 12.0 Å². The number of halogens is 5. The van der Waals surface area contributed by atoms with Gasteiger partial charge in [0.05, 0.1) is 6.20 Å². The van der Waals surface area contributed by atoms with Crippen LogP contribution in [0.15, 0.2) is 12.3 Å². The Labute approximate surface area is 119 Å².